The van der Waals surface area contributed by atoms with E-state index in [0.717, 1.165) is 0 Å². The van der Waals surface area contributed by atoms with Crippen LogP contribution in [0, 0.1) is 0 Å². The molecule has 6 nitrogen and oxygen atoms in total. The van der Waals surface area contributed by atoms with E-state index in [-0.39, 0.29) is 17.2 Å². The van der Waals surface area contributed by atoms with E-state index >= 15 is 0 Å². The van der Waals surface area contributed by atoms with Crippen LogP contribution in [0.2, 0.25) is 0 Å². The predicted molar refractivity (Wildman–Crippen MR) is 49.7 cm³/mol. The van der Waals surface area contributed by atoms with E-state index in [1.807, 2.05) is 0 Å². The van der Waals surface area contributed by atoms with Crippen LogP contribution in [0.15, 0.2) is 18.2 Å². The van der Waals surface area contributed by atoms with Crippen LogP contribution in [0.1, 0.15) is 13.8 Å². The average Bonchev–Trinajstić information content (AvgIpc) is 2.14. The Bertz CT molecular complexity index is 397. The van der Waals surface area contributed by atoms with Crippen molar-refractivity contribution in [2.24, 2.45) is 0 Å². The van der Waals surface area contributed by atoms with E-state index in [0.29, 0.717) is 0 Å². The Morgan fingerprint density at radius 1 is 1.00 bits per heavy atom. The highest BCUT2D eigenvalue weighted by Gasteiger charge is 2.10. The van der Waals surface area contributed by atoms with Crippen LogP contribution < -0.4 is 38.0 Å². The van der Waals surface area contributed by atoms with Crippen molar-refractivity contribution in [1.29, 1.82) is 0 Å². The molecule has 0 saturated heterocycles. The van der Waals surface area contributed by atoms with Crippen molar-refractivity contribution >= 4 is 11.9 Å². The van der Waals surface area contributed by atoms with Gasteiger partial charge in [-0.25, -0.2) is 0 Å². The molecule has 1 aromatic rings. The lowest BCUT2D eigenvalue weighted by Gasteiger charge is -2.06. The molecule has 0 N–H and O–H groups in total. The molecule has 0 atom stereocenters. The predicted octanol–water partition coefficient (Wildman–Crippen LogP) is -2.80. The zero-order valence-electron chi connectivity index (χ0n) is 9.06. The summed E-state index contributed by atoms with van der Waals surface area (Å²) in [6, 6.07) is 4.12. The monoisotopic (exact) mass is 352 g/mol. The lowest BCUT2D eigenvalue weighted by molar-refractivity contribution is -1.25. The van der Waals surface area contributed by atoms with Gasteiger partial charge in [0.05, 0.1) is 0 Å². The van der Waals surface area contributed by atoms with Crippen molar-refractivity contribution in [2.75, 3.05) is 0 Å². The summed E-state index contributed by atoms with van der Waals surface area (Å²) in [4.78, 5) is 21.6. The summed E-state index contributed by atoms with van der Waals surface area (Å²) in [5.41, 5.74) is 0. The van der Waals surface area contributed by atoms with Crippen molar-refractivity contribution in [3.63, 3.8) is 0 Å². The van der Waals surface area contributed by atoms with E-state index in [2.05, 4.69) is 0 Å². The molecule has 0 aromatic heterocycles. The molecule has 0 saturated carbocycles. The molecule has 0 bridgehead atoms. The van der Waals surface area contributed by atoms with Crippen LogP contribution in [0.4, 0.5) is 0 Å². The van der Waals surface area contributed by atoms with Crippen LogP contribution in [0.3, 0.4) is 0 Å². The quantitative estimate of drug-likeness (QED) is 0.331. The molecule has 17 heavy (non-hydrogen) atoms. The number of hydrogen-bond donors (Lipinski definition) is 0. The van der Waals surface area contributed by atoms with E-state index in [4.69, 9.17) is 12.5 Å². The second-order valence-electron chi connectivity index (χ2n) is 2.97. The van der Waals surface area contributed by atoms with Gasteiger partial charge in [-0.2, -0.15) is 0 Å². The van der Waals surface area contributed by atoms with Gasteiger partial charge in [0.25, 0.3) is 0 Å². The van der Waals surface area contributed by atoms with Gasteiger partial charge in [0, 0.05) is 32.0 Å². The van der Waals surface area contributed by atoms with Gasteiger partial charge in [-0.1, -0.05) is 0 Å². The van der Waals surface area contributed by atoms with Crippen LogP contribution in [0.25, 0.3) is 0 Å². The maximum absolute atomic E-state index is 10.8. The summed E-state index contributed by atoms with van der Waals surface area (Å²) in [5, 5.41) is 0. The third-order valence-corrected chi connectivity index (χ3v) is 2.19. The first-order valence-corrected chi connectivity index (χ1v) is 6.23. The average molecular weight is 352 g/mol. The molecule has 0 aliphatic rings. The highest BCUT2D eigenvalue weighted by Crippen LogP contribution is 2.27. The fourth-order valence-corrected chi connectivity index (χ4v) is 1.54. The zero-order chi connectivity index (χ0) is 12.8. The second-order valence-corrected chi connectivity index (χ2v) is 3.77. The first-order chi connectivity index (χ1) is 8.01. The van der Waals surface area contributed by atoms with Gasteiger partial charge in [0.1, 0.15) is 11.5 Å². The Morgan fingerprint density at radius 3 is 1.76 bits per heavy atom. The molecule has 0 fully saturated rings. The molecule has 0 aliphatic carbocycles. The lowest BCUT2D eigenvalue weighted by atomic mass is 10.3. The summed E-state index contributed by atoms with van der Waals surface area (Å²) < 4.78 is 24.9. The van der Waals surface area contributed by atoms with Crippen LogP contribution in [0.5, 0.6) is 17.2 Å². The summed E-state index contributed by atoms with van der Waals surface area (Å²) in [6.45, 7) is 2.47. The van der Waals surface area contributed by atoms with Gasteiger partial charge in [-0.05, 0) is 0 Å². The van der Waals surface area contributed by atoms with Crippen molar-refractivity contribution in [3.05, 3.63) is 18.2 Å². The maximum Gasteiger partial charge on any atom is 0.514 e. The smallest absolute Gasteiger partial charge is 0.514 e. The number of esters is 2. The summed E-state index contributed by atoms with van der Waals surface area (Å²) in [5.74, 6) is -0.518. The zero-order valence-corrected chi connectivity index (χ0v) is 11.2. The van der Waals surface area contributed by atoms with Gasteiger partial charge in [-0.15, -0.1) is 0 Å². The van der Waals surface area contributed by atoms with Crippen molar-refractivity contribution < 1.29 is 47.6 Å². The van der Waals surface area contributed by atoms with E-state index < -0.39 is 34.0 Å². The Kier molecular flexibility index (Phi) is 5.16. The van der Waals surface area contributed by atoms with Crippen molar-refractivity contribution in [2.45, 2.75) is 13.8 Å². The maximum atomic E-state index is 10.8. The third-order valence-electron chi connectivity index (χ3n) is 1.50. The SMILES string of the molecule is CC(=O)Oc1cc(O[I+][O-])cc(OC(C)=O)c1. The number of carbonyl (C=O) groups is 2. The summed E-state index contributed by atoms with van der Waals surface area (Å²) >= 11 is -1.67. The Balaban J connectivity index is 2.99. The molecule has 1 rings (SSSR count). The van der Waals surface area contributed by atoms with Gasteiger partial charge >= 0.3 is 34.0 Å². The van der Waals surface area contributed by atoms with E-state index in [9.17, 15) is 13.0 Å². The van der Waals surface area contributed by atoms with Gasteiger partial charge in [0.15, 0.2) is 5.75 Å². The topological polar surface area (TPSA) is 84.9 Å². The largest absolute Gasteiger partial charge is 0.558 e. The normalized spacial score (nSPS) is 9.59. The number of rotatable bonds is 4. The van der Waals surface area contributed by atoms with Crippen LogP contribution >= 0.6 is 0 Å². The molecular formula is C10H9IO6. The Labute approximate surface area is 109 Å². The molecule has 0 heterocycles. The number of ether oxygens (including phenoxy) is 2. The highest BCUT2D eigenvalue weighted by molar-refractivity contribution is 5.71. The second kappa shape index (κ2) is 6.40. The fraction of sp³-hybridized carbons (Fsp3) is 0.200. The van der Waals surface area contributed by atoms with Crippen LogP contribution in [-0.4, -0.2) is 11.9 Å². The minimum Gasteiger partial charge on any atom is -0.558 e. The number of halogens is 1. The molecule has 0 radical (unpaired) electrons. The standard InChI is InChI=1S/C10H9IO6/c1-6(12)15-8-3-9(16-7(2)13)5-10(4-8)17-11-14/h3-5H,1-2H3. The Morgan fingerprint density at radius 2 is 1.41 bits per heavy atom. The molecule has 7 heteroatoms. The van der Waals surface area contributed by atoms with Crippen LogP contribution in [-0.2, 0) is 9.59 Å². The number of benzene rings is 1. The minimum atomic E-state index is -1.67. The Hall–Kier alpha value is -1.35. The number of carbonyl (C=O) groups excluding carboxylic acids is 2. The molecule has 0 unspecified atom stereocenters. The molecule has 1 aromatic carbocycles. The fourth-order valence-electron chi connectivity index (χ4n) is 1.08. The van der Waals surface area contributed by atoms with Gasteiger partial charge in [0.2, 0.25) is 0 Å². The van der Waals surface area contributed by atoms with Gasteiger partial charge < -0.3 is 12.9 Å². The van der Waals surface area contributed by atoms with E-state index in [1.54, 1.807) is 0 Å². The minimum absolute atomic E-state index is 0.156. The third kappa shape index (κ3) is 5.00. The molecule has 0 spiro atoms. The molecule has 0 aliphatic heterocycles. The highest BCUT2D eigenvalue weighted by atomic mass is 127. The molecule has 92 valence electrons. The first-order valence-electron chi connectivity index (χ1n) is 4.47. The summed E-state index contributed by atoms with van der Waals surface area (Å²) in [7, 11) is 0. The number of hydrogen-bond acceptors (Lipinski definition) is 6. The van der Waals surface area contributed by atoms with E-state index in [1.165, 1.54) is 32.0 Å². The van der Waals surface area contributed by atoms with Gasteiger partial charge in [-0.3, -0.25) is 12.7 Å². The summed E-state index contributed by atoms with van der Waals surface area (Å²) in [6.07, 6.45) is 0. The lowest BCUT2D eigenvalue weighted by Crippen LogP contribution is -3.72. The molecule has 0 amide bonds. The molecular weight excluding hydrogens is 343 g/mol. The van der Waals surface area contributed by atoms with Crippen molar-refractivity contribution in [3.8, 4) is 17.2 Å². The van der Waals surface area contributed by atoms with Crippen molar-refractivity contribution in [1.82, 2.24) is 0 Å². The first kappa shape index (κ1) is 13.7.